The van der Waals surface area contributed by atoms with Crippen molar-refractivity contribution in [3.63, 3.8) is 0 Å². The molecule has 2 rings (SSSR count). The number of hydrogen-bond acceptors (Lipinski definition) is 2. The van der Waals surface area contributed by atoms with Crippen LogP contribution in [0.25, 0.3) is 0 Å². The minimum absolute atomic E-state index is 1.03. The van der Waals surface area contributed by atoms with E-state index in [4.69, 9.17) is 0 Å². The lowest BCUT2D eigenvalue weighted by Crippen LogP contribution is -2.45. The van der Waals surface area contributed by atoms with Crippen molar-refractivity contribution in [3.05, 3.63) is 0 Å². The van der Waals surface area contributed by atoms with Gasteiger partial charge in [-0.25, -0.2) is 0 Å². The van der Waals surface area contributed by atoms with Crippen LogP contribution in [0.2, 0.25) is 0 Å². The van der Waals surface area contributed by atoms with Crippen LogP contribution in [0.3, 0.4) is 0 Å². The Labute approximate surface area is 122 Å². The third-order valence-corrected chi connectivity index (χ3v) is 4.05. The number of likely N-dealkylation sites (tertiary alicyclic amines) is 2. The van der Waals surface area contributed by atoms with E-state index in [0.717, 1.165) is 11.8 Å². The van der Waals surface area contributed by atoms with Gasteiger partial charge in [0.05, 0.1) is 0 Å². The molecule has 0 aromatic rings. The average molecular weight is 271 g/mol. The molecule has 0 spiro atoms. The lowest BCUT2D eigenvalue weighted by Gasteiger charge is -2.40. The van der Waals surface area contributed by atoms with Gasteiger partial charge in [-0.15, -0.1) is 0 Å². The monoisotopic (exact) mass is 270 g/mol. The SMILES string of the molecule is CC.CC.CCCN1CCC(CC2CN(C)C2)CC1. The highest BCUT2D eigenvalue weighted by Crippen LogP contribution is 2.28. The molecule has 0 aliphatic carbocycles. The summed E-state index contributed by atoms with van der Waals surface area (Å²) in [5.41, 5.74) is 0. The topological polar surface area (TPSA) is 6.48 Å². The molecule has 0 aromatic carbocycles. The predicted molar refractivity (Wildman–Crippen MR) is 87.8 cm³/mol. The van der Waals surface area contributed by atoms with Gasteiger partial charge in [0.1, 0.15) is 0 Å². The minimum Gasteiger partial charge on any atom is -0.306 e. The lowest BCUT2D eigenvalue weighted by atomic mass is 9.84. The average Bonchev–Trinajstić information content (AvgIpc) is 2.44. The Balaban J connectivity index is 0.000000741. The quantitative estimate of drug-likeness (QED) is 0.758. The molecule has 116 valence electrons. The Bertz CT molecular complexity index is 180. The van der Waals surface area contributed by atoms with Crippen LogP contribution in [-0.2, 0) is 0 Å². The van der Waals surface area contributed by atoms with Gasteiger partial charge >= 0.3 is 0 Å². The van der Waals surface area contributed by atoms with E-state index in [2.05, 4.69) is 23.8 Å². The van der Waals surface area contributed by atoms with Crippen molar-refractivity contribution < 1.29 is 0 Å². The second-order valence-electron chi connectivity index (χ2n) is 5.61. The highest BCUT2D eigenvalue weighted by atomic mass is 15.2. The molecule has 0 bridgehead atoms. The zero-order chi connectivity index (χ0) is 14.7. The van der Waals surface area contributed by atoms with Crippen molar-refractivity contribution in [2.75, 3.05) is 39.8 Å². The van der Waals surface area contributed by atoms with Gasteiger partial charge in [-0.2, -0.15) is 0 Å². The van der Waals surface area contributed by atoms with E-state index in [9.17, 15) is 0 Å². The van der Waals surface area contributed by atoms with E-state index in [1.165, 1.54) is 58.4 Å². The molecule has 0 N–H and O–H groups in total. The first kappa shape index (κ1) is 18.9. The van der Waals surface area contributed by atoms with E-state index in [1.807, 2.05) is 27.7 Å². The van der Waals surface area contributed by atoms with E-state index < -0.39 is 0 Å². The largest absolute Gasteiger partial charge is 0.306 e. The zero-order valence-electron chi connectivity index (χ0n) is 14.4. The summed E-state index contributed by atoms with van der Waals surface area (Å²) in [7, 11) is 2.24. The fraction of sp³-hybridized carbons (Fsp3) is 1.00. The van der Waals surface area contributed by atoms with Gasteiger partial charge in [0, 0.05) is 13.1 Å². The normalized spacial score (nSPS) is 21.8. The summed E-state index contributed by atoms with van der Waals surface area (Å²) in [5.74, 6) is 2.06. The molecule has 2 aliphatic heterocycles. The molecule has 0 radical (unpaired) electrons. The lowest BCUT2D eigenvalue weighted by molar-refractivity contribution is 0.0893. The molecule has 19 heavy (non-hydrogen) atoms. The van der Waals surface area contributed by atoms with Crippen LogP contribution >= 0.6 is 0 Å². The second kappa shape index (κ2) is 11.7. The smallest absolute Gasteiger partial charge is 0.00191 e. The first-order valence-corrected chi connectivity index (χ1v) is 8.68. The number of nitrogens with zero attached hydrogens (tertiary/aromatic N) is 2. The summed E-state index contributed by atoms with van der Waals surface area (Å²) in [6, 6.07) is 0. The molecule has 2 nitrogen and oxygen atoms in total. The summed E-state index contributed by atoms with van der Waals surface area (Å²) >= 11 is 0. The Morgan fingerprint density at radius 1 is 0.895 bits per heavy atom. The maximum atomic E-state index is 2.64. The highest BCUT2D eigenvalue weighted by molar-refractivity contribution is 4.81. The molecular formula is C17H38N2. The summed E-state index contributed by atoms with van der Waals surface area (Å²) in [6.45, 7) is 17.0. The maximum Gasteiger partial charge on any atom is 0.00191 e. The standard InChI is InChI=1S/C13H26N2.2C2H6/c1-3-6-15-7-4-12(5-8-15)9-13-10-14(2)11-13;2*1-2/h12-13H,3-11H2,1-2H3;2*1-2H3. The minimum atomic E-state index is 1.03. The predicted octanol–water partition coefficient (Wildman–Crippen LogP) is 4.11. The summed E-state index contributed by atoms with van der Waals surface area (Å²) in [5, 5.41) is 0. The molecule has 2 aliphatic rings. The number of rotatable bonds is 4. The van der Waals surface area contributed by atoms with Gasteiger partial charge < -0.3 is 9.80 Å². The van der Waals surface area contributed by atoms with Gasteiger partial charge in [0.15, 0.2) is 0 Å². The van der Waals surface area contributed by atoms with Crippen molar-refractivity contribution in [1.29, 1.82) is 0 Å². The Morgan fingerprint density at radius 2 is 1.42 bits per heavy atom. The third-order valence-electron chi connectivity index (χ3n) is 4.05. The third kappa shape index (κ3) is 7.31. The van der Waals surface area contributed by atoms with Crippen LogP contribution in [0.4, 0.5) is 0 Å². The summed E-state index contributed by atoms with van der Waals surface area (Å²) in [4.78, 5) is 5.08. The van der Waals surface area contributed by atoms with E-state index in [1.54, 1.807) is 0 Å². The van der Waals surface area contributed by atoms with Gasteiger partial charge in [0.2, 0.25) is 0 Å². The Hall–Kier alpha value is -0.0800. The van der Waals surface area contributed by atoms with Gasteiger partial charge in [-0.1, -0.05) is 34.6 Å². The van der Waals surface area contributed by atoms with Crippen LogP contribution in [0.5, 0.6) is 0 Å². The van der Waals surface area contributed by atoms with Crippen LogP contribution in [0.1, 0.15) is 60.3 Å². The van der Waals surface area contributed by atoms with Crippen LogP contribution in [0, 0.1) is 11.8 Å². The second-order valence-corrected chi connectivity index (χ2v) is 5.61. The molecule has 2 fully saturated rings. The Kier molecular flexibility index (Phi) is 11.7. The highest BCUT2D eigenvalue weighted by Gasteiger charge is 2.27. The van der Waals surface area contributed by atoms with Crippen LogP contribution < -0.4 is 0 Å². The van der Waals surface area contributed by atoms with Crippen LogP contribution in [-0.4, -0.2) is 49.6 Å². The van der Waals surface area contributed by atoms with E-state index in [-0.39, 0.29) is 0 Å². The van der Waals surface area contributed by atoms with Crippen molar-refractivity contribution >= 4 is 0 Å². The van der Waals surface area contributed by atoms with Crippen molar-refractivity contribution in [3.8, 4) is 0 Å². The van der Waals surface area contributed by atoms with Crippen molar-refractivity contribution in [1.82, 2.24) is 9.80 Å². The summed E-state index contributed by atoms with van der Waals surface area (Å²) < 4.78 is 0. The molecule has 0 amide bonds. The number of hydrogen-bond donors (Lipinski definition) is 0. The maximum absolute atomic E-state index is 2.64. The molecule has 2 heterocycles. The van der Waals surface area contributed by atoms with Gasteiger partial charge in [-0.3, -0.25) is 0 Å². The molecule has 2 saturated heterocycles. The molecule has 0 atom stereocenters. The molecule has 0 saturated carbocycles. The molecular weight excluding hydrogens is 232 g/mol. The van der Waals surface area contributed by atoms with Crippen LogP contribution in [0.15, 0.2) is 0 Å². The molecule has 2 heteroatoms. The fourth-order valence-electron chi connectivity index (χ4n) is 3.21. The van der Waals surface area contributed by atoms with E-state index >= 15 is 0 Å². The molecule has 0 unspecified atom stereocenters. The van der Waals surface area contributed by atoms with E-state index in [0.29, 0.717) is 0 Å². The van der Waals surface area contributed by atoms with Gasteiger partial charge in [-0.05, 0) is 64.2 Å². The van der Waals surface area contributed by atoms with Crippen molar-refractivity contribution in [2.45, 2.75) is 60.3 Å². The number of piperidine rings is 1. The first-order valence-electron chi connectivity index (χ1n) is 8.68. The zero-order valence-corrected chi connectivity index (χ0v) is 14.4. The van der Waals surface area contributed by atoms with Crippen molar-refractivity contribution in [2.24, 2.45) is 11.8 Å². The Morgan fingerprint density at radius 3 is 1.84 bits per heavy atom. The summed E-state index contributed by atoms with van der Waals surface area (Å²) in [6.07, 6.45) is 5.74. The van der Waals surface area contributed by atoms with Gasteiger partial charge in [0.25, 0.3) is 0 Å². The fourth-order valence-corrected chi connectivity index (χ4v) is 3.21. The first-order chi connectivity index (χ1) is 9.28. The molecule has 0 aromatic heterocycles.